The lowest BCUT2D eigenvalue weighted by molar-refractivity contribution is -0.111. The number of nitrogens with two attached hydrogens (primary N) is 1. The number of aliphatic hydroxyl groups is 1. The zero-order chi connectivity index (χ0) is 21.5. The van der Waals surface area contributed by atoms with Crippen molar-refractivity contribution in [3.63, 3.8) is 0 Å². The molecule has 1 aliphatic carbocycles. The summed E-state index contributed by atoms with van der Waals surface area (Å²) in [6.07, 6.45) is 1.21. The number of allylic oxidation sites excluding steroid dienone is 2. The van der Waals surface area contributed by atoms with Crippen molar-refractivity contribution in [2.45, 2.75) is 41.5 Å². The maximum Gasteiger partial charge on any atom is 0.206 e. The van der Waals surface area contributed by atoms with Gasteiger partial charge in [0.25, 0.3) is 0 Å². The van der Waals surface area contributed by atoms with E-state index in [-0.39, 0.29) is 11.5 Å². The molecule has 0 heterocycles. The molecule has 0 aliphatic heterocycles. The van der Waals surface area contributed by atoms with Crippen LogP contribution in [0.25, 0.3) is 0 Å². The van der Waals surface area contributed by atoms with Gasteiger partial charge in [-0.25, -0.2) is 4.99 Å². The number of nitrogen functional groups attached to an aromatic ring is 1. The number of hydrogen-bond donors (Lipinski definition) is 3. The molecule has 4 N–H and O–H groups in total. The summed E-state index contributed by atoms with van der Waals surface area (Å²) in [6, 6.07) is 7.61. The van der Waals surface area contributed by atoms with E-state index in [1.165, 1.54) is 11.6 Å². The van der Waals surface area contributed by atoms with E-state index in [9.17, 15) is 9.90 Å². The fourth-order valence-electron chi connectivity index (χ4n) is 3.35. The first-order chi connectivity index (χ1) is 13.6. The van der Waals surface area contributed by atoms with Crippen LogP contribution in [-0.4, -0.2) is 16.6 Å². The second kappa shape index (κ2) is 7.59. The number of carbonyl (C=O) groups is 1. The van der Waals surface area contributed by atoms with E-state index in [0.717, 1.165) is 33.6 Å². The molecule has 2 aromatic rings. The molecular weight excluding hydrogens is 362 g/mol. The molecule has 3 rings (SSSR count). The molecule has 0 saturated heterocycles. The largest absolute Gasteiger partial charge is 0.506 e. The second-order valence-corrected chi connectivity index (χ2v) is 7.58. The van der Waals surface area contributed by atoms with Crippen molar-refractivity contribution >= 4 is 28.6 Å². The molecule has 0 amide bonds. The highest BCUT2D eigenvalue weighted by atomic mass is 16.3. The van der Waals surface area contributed by atoms with Crippen LogP contribution in [0.5, 0.6) is 0 Å². The Hall–Kier alpha value is -3.34. The van der Waals surface area contributed by atoms with Crippen molar-refractivity contribution in [2.24, 2.45) is 4.99 Å². The van der Waals surface area contributed by atoms with Crippen LogP contribution in [0.3, 0.4) is 0 Å². The van der Waals surface area contributed by atoms with E-state index < -0.39 is 0 Å². The normalized spacial score (nSPS) is 15.7. The smallest absolute Gasteiger partial charge is 0.206 e. The molecule has 0 spiro atoms. The molecule has 0 atom stereocenters. The van der Waals surface area contributed by atoms with Crippen LogP contribution in [0.4, 0.5) is 17.1 Å². The summed E-state index contributed by atoms with van der Waals surface area (Å²) in [5, 5.41) is 13.7. The SMILES string of the molecule is CC1=C(Nc2ccc(N)c(C)c2C)C(=O)C=C(O)/C1=N\c1ccc(C)c(C)c1C. The number of aryl methyl sites for hydroxylation is 1. The third kappa shape index (κ3) is 3.68. The van der Waals surface area contributed by atoms with Gasteiger partial charge in [-0.05, 0) is 87.6 Å². The Labute approximate surface area is 171 Å². The highest BCUT2D eigenvalue weighted by Crippen LogP contribution is 2.30. The molecule has 29 heavy (non-hydrogen) atoms. The minimum absolute atomic E-state index is 0.124. The second-order valence-electron chi connectivity index (χ2n) is 7.58. The molecule has 5 heteroatoms. The lowest BCUT2D eigenvalue weighted by Gasteiger charge is -2.20. The lowest BCUT2D eigenvalue weighted by Crippen LogP contribution is -2.23. The van der Waals surface area contributed by atoms with Crippen molar-refractivity contribution in [2.75, 3.05) is 11.1 Å². The van der Waals surface area contributed by atoms with Crippen LogP contribution in [0.2, 0.25) is 0 Å². The van der Waals surface area contributed by atoms with E-state index in [2.05, 4.69) is 19.2 Å². The fraction of sp³-hybridized carbons (Fsp3) is 0.250. The minimum Gasteiger partial charge on any atom is -0.506 e. The summed E-state index contributed by atoms with van der Waals surface area (Å²) in [6.45, 7) is 11.8. The van der Waals surface area contributed by atoms with E-state index in [0.29, 0.717) is 22.7 Å². The molecule has 150 valence electrons. The number of aliphatic hydroxyl groups excluding tert-OH is 1. The monoisotopic (exact) mass is 389 g/mol. The minimum atomic E-state index is -0.287. The van der Waals surface area contributed by atoms with E-state index in [1.54, 1.807) is 6.92 Å². The Morgan fingerprint density at radius 2 is 1.59 bits per heavy atom. The Morgan fingerprint density at radius 1 is 0.897 bits per heavy atom. The predicted molar refractivity (Wildman–Crippen MR) is 120 cm³/mol. The number of rotatable bonds is 3. The first-order valence-corrected chi connectivity index (χ1v) is 9.56. The van der Waals surface area contributed by atoms with Gasteiger partial charge in [-0.2, -0.15) is 0 Å². The van der Waals surface area contributed by atoms with Gasteiger partial charge >= 0.3 is 0 Å². The summed E-state index contributed by atoms with van der Waals surface area (Å²) in [4.78, 5) is 17.3. The number of benzene rings is 2. The number of hydrogen-bond acceptors (Lipinski definition) is 5. The van der Waals surface area contributed by atoms with Gasteiger partial charge < -0.3 is 16.2 Å². The highest BCUT2D eigenvalue weighted by Gasteiger charge is 2.25. The van der Waals surface area contributed by atoms with Gasteiger partial charge in [0.2, 0.25) is 5.78 Å². The van der Waals surface area contributed by atoms with Gasteiger partial charge in [0.15, 0.2) is 0 Å². The lowest BCUT2D eigenvalue weighted by atomic mass is 9.97. The maximum absolute atomic E-state index is 12.6. The molecule has 0 saturated carbocycles. The maximum atomic E-state index is 12.6. The molecule has 0 fully saturated rings. The first kappa shape index (κ1) is 20.4. The number of nitrogens with zero attached hydrogens (tertiary/aromatic N) is 1. The van der Waals surface area contributed by atoms with E-state index >= 15 is 0 Å². The molecule has 0 aromatic heterocycles. The third-order valence-corrected chi connectivity index (χ3v) is 5.84. The van der Waals surface area contributed by atoms with Crippen molar-refractivity contribution in [1.29, 1.82) is 0 Å². The Bertz CT molecular complexity index is 1120. The number of anilines is 2. The van der Waals surface area contributed by atoms with Crippen molar-refractivity contribution in [1.82, 2.24) is 0 Å². The average molecular weight is 389 g/mol. The highest BCUT2D eigenvalue weighted by molar-refractivity contribution is 6.25. The van der Waals surface area contributed by atoms with Gasteiger partial charge in [-0.3, -0.25) is 4.79 Å². The van der Waals surface area contributed by atoms with Crippen molar-refractivity contribution in [3.8, 4) is 0 Å². The Kier molecular flexibility index (Phi) is 5.33. The summed E-state index contributed by atoms with van der Waals surface area (Å²) >= 11 is 0. The van der Waals surface area contributed by atoms with Gasteiger partial charge in [-0.15, -0.1) is 0 Å². The number of aliphatic imine (C=N–C) groups is 1. The van der Waals surface area contributed by atoms with Crippen molar-refractivity contribution in [3.05, 3.63) is 75.2 Å². The van der Waals surface area contributed by atoms with Crippen LogP contribution in [0.15, 0.2) is 52.4 Å². The van der Waals surface area contributed by atoms with E-state index in [4.69, 9.17) is 10.7 Å². The molecule has 0 radical (unpaired) electrons. The van der Waals surface area contributed by atoms with Crippen LogP contribution >= 0.6 is 0 Å². The average Bonchev–Trinajstić information content (AvgIpc) is 2.67. The molecular formula is C24H27N3O2. The van der Waals surface area contributed by atoms with Crippen LogP contribution in [-0.2, 0) is 4.79 Å². The molecule has 2 aromatic carbocycles. The molecule has 1 aliphatic rings. The zero-order valence-electron chi connectivity index (χ0n) is 17.8. The van der Waals surface area contributed by atoms with E-state index in [1.807, 2.05) is 45.0 Å². The first-order valence-electron chi connectivity index (χ1n) is 9.56. The molecule has 5 nitrogen and oxygen atoms in total. The van der Waals surface area contributed by atoms with Crippen LogP contribution in [0.1, 0.15) is 34.7 Å². The number of carbonyl (C=O) groups excluding carboxylic acids is 1. The summed E-state index contributed by atoms with van der Waals surface area (Å²) in [7, 11) is 0. The van der Waals surface area contributed by atoms with Crippen LogP contribution < -0.4 is 11.1 Å². The summed E-state index contributed by atoms with van der Waals surface area (Å²) in [5.74, 6) is -0.412. The summed E-state index contributed by atoms with van der Waals surface area (Å²) in [5.41, 5.74) is 15.0. The quantitative estimate of drug-likeness (QED) is 0.491. The predicted octanol–water partition coefficient (Wildman–Crippen LogP) is 5.29. The van der Waals surface area contributed by atoms with Gasteiger partial charge in [0, 0.05) is 23.0 Å². The Morgan fingerprint density at radius 3 is 2.28 bits per heavy atom. The zero-order valence-corrected chi connectivity index (χ0v) is 17.8. The Balaban J connectivity index is 2.09. The molecule has 0 bridgehead atoms. The van der Waals surface area contributed by atoms with Gasteiger partial charge in [0.1, 0.15) is 11.5 Å². The summed E-state index contributed by atoms with van der Waals surface area (Å²) < 4.78 is 0. The van der Waals surface area contributed by atoms with Gasteiger partial charge in [0.05, 0.1) is 11.4 Å². The van der Waals surface area contributed by atoms with Crippen molar-refractivity contribution < 1.29 is 9.90 Å². The standard InChI is InChI=1S/C24H27N3O2/c1-12-7-9-19(15(4)13(12)2)26-23-17(6)24(22(29)11-21(23)28)27-20-10-8-18(25)14(3)16(20)5/h7-11,27-28H,25H2,1-6H3/b26-23-. The fourth-order valence-corrected chi connectivity index (χ4v) is 3.35. The van der Waals surface area contributed by atoms with Gasteiger partial charge in [-0.1, -0.05) is 6.07 Å². The van der Waals surface area contributed by atoms with Crippen LogP contribution in [0, 0.1) is 34.6 Å². The third-order valence-electron chi connectivity index (χ3n) is 5.84. The number of nitrogens with one attached hydrogen (secondary N) is 1. The topological polar surface area (TPSA) is 87.7 Å². The number of ketones is 1. The molecule has 0 unspecified atom stereocenters.